The lowest BCUT2D eigenvalue weighted by atomic mass is 9.97. The van der Waals surface area contributed by atoms with Crippen molar-refractivity contribution in [2.24, 2.45) is 10.3 Å². The summed E-state index contributed by atoms with van der Waals surface area (Å²) in [5.74, 6) is 0.781. The summed E-state index contributed by atoms with van der Waals surface area (Å²) in [6.07, 6.45) is 11.1. The largest absolute Gasteiger partial charge is 0.234 e. The minimum Gasteiger partial charge on any atom is -0.234 e. The highest BCUT2D eigenvalue weighted by molar-refractivity contribution is 7.85. The quantitative estimate of drug-likeness (QED) is 0.546. The van der Waals surface area contributed by atoms with Crippen molar-refractivity contribution in [3.8, 4) is 0 Å². The van der Waals surface area contributed by atoms with Gasteiger partial charge in [0.05, 0.1) is 4.75 Å². The van der Waals surface area contributed by atoms with Crippen molar-refractivity contribution in [3.63, 3.8) is 0 Å². The van der Waals surface area contributed by atoms with Gasteiger partial charge in [-0.15, -0.1) is 0 Å². The van der Waals surface area contributed by atoms with Crippen LogP contribution in [0.25, 0.3) is 0 Å². The van der Waals surface area contributed by atoms with E-state index >= 15 is 0 Å². The van der Waals surface area contributed by atoms with E-state index < -0.39 is 11.0 Å². The summed E-state index contributed by atoms with van der Waals surface area (Å²) in [7, 11) is -1.08. The maximum atomic E-state index is 11.7. The highest BCUT2D eigenvalue weighted by Crippen LogP contribution is 2.24. The first-order valence-corrected chi connectivity index (χ1v) is 7.55. The van der Waals surface area contributed by atoms with Crippen molar-refractivity contribution in [2.45, 2.75) is 70.5 Å². The van der Waals surface area contributed by atoms with E-state index in [1.54, 1.807) is 0 Å². The average Bonchev–Trinajstić information content (AvgIpc) is 2.44. The molecule has 0 saturated heterocycles. The Morgan fingerprint density at radius 2 is 1.75 bits per heavy atom. The van der Waals surface area contributed by atoms with Crippen molar-refractivity contribution >= 4 is 17.2 Å². The van der Waals surface area contributed by atoms with Crippen molar-refractivity contribution in [2.75, 3.05) is 0 Å². The Bertz CT molecular complexity index is 247. The normalized spacial score (nSPS) is 22.2. The maximum Gasteiger partial charge on any atom is 0.144 e. The van der Waals surface area contributed by atoms with Gasteiger partial charge in [-0.2, -0.15) is 4.40 Å². The Hall–Kier alpha value is -0.180. The second-order valence-electron chi connectivity index (χ2n) is 5.74. The lowest BCUT2D eigenvalue weighted by Crippen LogP contribution is -2.19. The van der Waals surface area contributed by atoms with Crippen LogP contribution < -0.4 is 0 Å². The molecule has 3 heteroatoms. The van der Waals surface area contributed by atoms with Gasteiger partial charge in [0.25, 0.3) is 0 Å². The van der Waals surface area contributed by atoms with Gasteiger partial charge < -0.3 is 0 Å². The summed E-state index contributed by atoms with van der Waals surface area (Å²) in [5, 5.41) is 0. The smallest absolute Gasteiger partial charge is 0.144 e. The molecule has 94 valence electrons. The van der Waals surface area contributed by atoms with E-state index in [1.807, 2.05) is 27.0 Å². The molecule has 0 aromatic rings. The van der Waals surface area contributed by atoms with Crippen LogP contribution in [-0.2, 0) is 11.0 Å². The van der Waals surface area contributed by atoms with Gasteiger partial charge in [-0.25, -0.2) is 4.21 Å². The summed E-state index contributed by atoms with van der Waals surface area (Å²) >= 11 is 0. The SMILES string of the molecule is CC(C)(C)[S@@](=O)N=CCC1CCCCCC1. The molecule has 0 bridgehead atoms. The molecule has 0 unspecified atom stereocenters. The maximum absolute atomic E-state index is 11.7. The first-order valence-electron chi connectivity index (χ1n) is 6.44. The van der Waals surface area contributed by atoms with Gasteiger partial charge >= 0.3 is 0 Å². The van der Waals surface area contributed by atoms with Crippen LogP contribution in [0.2, 0.25) is 0 Å². The standard InChI is InChI=1S/C13H25NOS/c1-13(2,3)16(15)14-11-10-12-8-6-4-5-7-9-12/h11-12H,4-10H2,1-3H3/t16-/m1/s1. The topological polar surface area (TPSA) is 29.4 Å². The molecule has 0 spiro atoms. The number of hydrogen-bond donors (Lipinski definition) is 0. The van der Waals surface area contributed by atoms with Crippen LogP contribution in [0, 0.1) is 5.92 Å². The molecule has 2 nitrogen and oxygen atoms in total. The van der Waals surface area contributed by atoms with E-state index in [1.165, 1.54) is 38.5 Å². The Morgan fingerprint density at radius 3 is 2.25 bits per heavy atom. The fraction of sp³-hybridized carbons (Fsp3) is 0.923. The monoisotopic (exact) mass is 243 g/mol. The van der Waals surface area contributed by atoms with E-state index in [9.17, 15) is 4.21 Å². The van der Waals surface area contributed by atoms with Crippen LogP contribution in [0.3, 0.4) is 0 Å². The van der Waals surface area contributed by atoms with E-state index in [4.69, 9.17) is 0 Å². The summed E-state index contributed by atoms with van der Waals surface area (Å²) in [4.78, 5) is 0. The minimum atomic E-state index is -1.08. The third-order valence-electron chi connectivity index (χ3n) is 3.11. The van der Waals surface area contributed by atoms with E-state index in [0.717, 1.165) is 12.3 Å². The lowest BCUT2D eigenvalue weighted by molar-refractivity contribution is 0.480. The van der Waals surface area contributed by atoms with E-state index in [2.05, 4.69) is 4.40 Å². The Kier molecular flexibility index (Phi) is 5.67. The molecule has 1 fully saturated rings. The molecule has 1 aliphatic carbocycles. The minimum absolute atomic E-state index is 0.222. The zero-order chi connectivity index (χ0) is 12.0. The molecule has 16 heavy (non-hydrogen) atoms. The molecule has 0 radical (unpaired) electrons. The first kappa shape index (κ1) is 13.9. The highest BCUT2D eigenvalue weighted by atomic mass is 32.2. The summed E-state index contributed by atoms with van der Waals surface area (Å²) in [6, 6.07) is 0. The van der Waals surface area contributed by atoms with Gasteiger partial charge in [0.1, 0.15) is 11.0 Å². The highest BCUT2D eigenvalue weighted by Gasteiger charge is 2.18. The van der Waals surface area contributed by atoms with Crippen LogP contribution in [0.4, 0.5) is 0 Å². The van der Waals surface area contributed by atoms with Gasteiger partial charge in [0, 0.05) is 6.21 Å². The van der Waals surface area contributed by atoms with Gasteiger partial charge in [-0.3, -0.25) is 0 Å². The van der Waals surface area contributed by atoms with Crippen molar-refractivity contribution in [3.05, 3.63) is 0 Å². The molecule has 1 aliphatic rings. The van der Waals surface area contributed by atoms with Crippen molar-refractivity contribution < 1.29 is 4.21 Å². The predicted octanol–water partition coefficient (Wildman–Crippen LogP) is 3.88. The van der Waals surface area contributed by atoms with Gasteiger partial charge in [-0.1, -0.05) is 38.5 Å². The molecule has 1 saturated carbocycles. The Labute approximate surface area is 103 Å². The van der Waals surface area contributed by atoms with Gasteiger partial charge in [0.2, 0.25) is 0 Å². The Balaban J connectivity index is 2.32. The molecule has 0 N–H and O–H groups in total. The van der Waals surface area contributed by atoms with Crippen LogP contribution in [0.5, 0.6) is 0 Å². The van der Waals surface area contributed by atoms with Gasteiger partial charge in [0.15, 0.2) is 0 Å². The third-order valence-corrected chi connectivity index (χ3v) is 4.50. The summed E-state index contributed by atoms with van der Waals surface area (Å²) in [5.41, 5.74) is 0. The molecule has 1 rings (SSSR count). The molecule has 0 amide bonds. The fourth-order valence-electron chi connectivity index (χ4n) is 2.02. The zero-order valence-electron chi connectivity index (χ0n) is 10.9. The van der Waals surface area contributed by atoms with E-state index in [0.29, 0.717) is 0 Å². The lowest BCUT2D eigenvalue weighted by Gasteiger charge is -2.14. The average molecular weight is 243 g/mol. The van der Waals surface area contributed by atoms with Crippen LogP contribution >= 0.6 is 0 Å². The zero-order valence-corrected chi connectivity index (χ0v) is 11.7. The second-order valence-corrected chi connectivity index (χ2v) is 7.68. The number of rotatable bonds is 3. The molecule has 0 heterocycles. The first-order chi connectivity index (χ1) is 7.50. The predicted molar refractivity (Wildman–Crippen MR) is 72.2 cm³/mol. The van der Waals surface area contributed by atoms with Crippen molar-refractivity contribution in [1.82, 2.24) is 0 Å². The molecule has 0 aromatic heterocycles. The third kappa shape index (κ3) is 5.24. The Morgan fingerprint density at radius 1 is 1.19 bits per heavy atom. The van der Waals surface area contributed by atoms with Crippen molar-refractivity contribution in [1.29, 1.82) is 0 Å². The summed E-state index contributed by atoms with van der Waals surface area (Å²) < 4.78 is 15.6. The molecule has 1 atom stereocenters. The fourth-order valence-corrected chi connectivity index (χ4v) is 2.56. The molecule has 0 aromatic carbocycles. The second kappa shape index (κ2) is 6.53. The molecular weight excluding hydrogens is 218 g/mol. The number of nitrogens with zero attached hydrogens (tertiary/aromatic N) is 1. The number of hydrogen-bond acceptors (Lipinski definition) is 1. The van der Waals surface area contributed by atoms with E-state index in [-0.39, 0.29) is 4.75 Å². The van der Waals surface area contributed by atoms with Crippen LogP contribution in [0.1, 0.15) is 65.7 Å². The van der Waals surface area contributed by atoms with Gasteiger partial charge in [-0.05, 0) is 33.1 Å². The molecular formula is C13H25NOS. The summed E-state index contributed by atoms with van der Waals surface area (Å²) in [6.45, 7) is 5.89. The molecule has 0 aliphatic heterocycles. The van der Waals surface area contributed by atoms with Crippen LogP contribution in [-0.4, -0.2) is 15.2 Å². The van der Waals surface area contributed by atoms with Crippen LogP contribution in [0.15, 0.2) is 4.40 Å².